The van der Waals surface area contributed by atoms with Crippen LogP contribution in [-0.2, 0) is 5.54 Å². The molecule has 0 amide bonds. The monoisotopic (exact) mass is 258 g/mol. The lowest BCUT2D eigenvalue weighted by atomic mass is 9.88. The van der Waals surface area contributed by atoms with E-state index in [1.54, 1.807) is 0 Å². The summed E-state index contributed by atoms with van der Waals surface area (Å²) in [5, 5.41) is 3.18. The van der Waals surface area contributed by atoms with Crippen molar-refractivity contribution in [3.8, 4) is 0 Å². The molecule has 1 fully saturated rings. The van der Waals surface area contributed by atoms with Gasteiger partial charge in [0.25, 0.3) is 0 Å². The molecule has 0 aliphatic carbocycles. The second-order valence-electron chi connectivity index (χ2n) is 4.85. The molecule has 0 aromatic heterocycles. The maximum Gasteiger partial charge on any atom is 0.401 e. The zero-order chi connectivity index (χ0) is 13.2. The van der Waals surface area contributed by atoms with Crippen LogP contribution in [0.3, 0.4) is 0 Å². The van der Waals surface area contributed by atoms with Crippen LogP contribution in [0.1, 0.15) is 12.5 Å². The van der Waals surface area contributed by atoms with Gasteiger partial charge in [-0.1, -0.05) is 30.3 Å². The average molecular weight is 258 g/mol. The number of hydrogen-bond acceptors (Lipinski definition) is 2. The lowest BCUT2D eigenvalue weighted by Crippen LogP contribution is -2.59. The van der Waals surface area contributed by atoms with E-state index in [4.69, 9.17) is 0 Å². The Morgan fingerprint density at radius 3 is 2.56 bits per heavy atom. The molecule has 1 N–H and O–H groups in total. The van der Waals surface area contributed by atoms with Crippen LogP contribution < -0.4 is 5.32 Å². The van der Waals surface area contributed by atoms with Crippen LogP contribution in [0.5, 0.6) is 0 Å². The summed E-state index contributed by atoms with van der Waals surface area (Å²) in [5.41, 5.74) is 0.316. The van der Waals surface area contributed by atoms with E-state index in [2.05, 4.69) is 5.32 Å². The maximum absolute atomic E-state index is 12.6. The van der Waals surface area contributed by atoms with Gasteiger partial charge in [-0.25, -0.2) is 0 Å². The van der Waals surface area contributed by atoms with E-state index < -0.39 is 18.3 Å². The standard InChI is InChI=1S/C13H17F3N2/c1-12(11-5-3-2-4-6-11)9-17-7-8-18(12)10-13(14,15)16/h2-6,17H,7-10H2,1H3. The van der Waals surface area contributed by atoms with Gasteiger partial charge in [0.15, 0.2) is 0 Å². The molecular formula is C13H17F3N2. The Kier molecular flexibility index (Phi) is 3.64. The molecule has 0 spiro atoms. The Labute approximate surface area is 105 Å². The highest BCUT2D eigenvalue weighted by Crippen LogP contribution is 2.32. The minimum atomic E-state index is -4.16. The summed E-state index contributed by atoms with van der Waals surface area (Å²) in [7, 11) is 0. The third kappa shape index (κ3) is 2.84. The normalized spacial score (nSPS) is 26.2. The molecule has 1 aromatic rings. The fourth-order valence-electron chi connectivity index (χ4n) is 2.46. The van der Waals surface area contributed by atoms with Crippen molar-refractivity contribution in [2.75, 3.05) is 26.2 Å². The Bertz CT molecular complexity index is 391. The second-order valence-corrected chi connectivity index (χ2v) is 4.85. The van der Waals surface area contributed by atoms with Crippen LogP contribution in [0.2, 0.25) is 0 Å². The lowest BCUT2D eigenvalue weighted by Gasteiger charge is -2.45. The molecule has 1 aliphatic heterocycles. The maximum atomic E-state index is 12.6. The molecule has 0 bridgehead atoms. The highest BCUT2D eigenvalue weighted by atomic mass is 19.4. The zero-order valence-electron chi connectivity index (χ0n) is 10.3. The number of piperazine rings is 1. The van der Waals surface area contributed by atoms with Crippen molar-refractivity contribution in [3.05, 3.63) is 35.9 Å². The predicted octanol–water partition coefficient (Wildman–Crippen LogP) is 2.37. The Hall–Kier alpha value is -1.07. The largest absolute Gasteiger partial charge is 0.401 e. The van der Waals surface area contributed by atoms with Crippen molar-refractivity contribution >= 4 is 0 Å². The minimum Gasteiger partial charge on any atom is -0.313 e. The molecule has 1 atom stereocenters. The minimum absolute atomic E-state index is 0.408. The van der Waals surface area contributed by atoms with Gasteiger partial charge in [-0.3, -0.25) is 4.90 Å². The number of alkyl halides is 3. The Balaban J connectivity index is 2.26. The molecular weight excluding hydrogens is 241 g/mol. The van der Waals surface area contributed by atoms with Crippen LogP contribution in [-0.4, -0.2) is 37.3 Å². The molecule has 0 saturated carbocycles. The number of nitrogens with zero attached hydrogens (tertiary/aromatic N) is 1. The number of benzene rings is 1. The number of nitrogens with one attached hydrogen (secondary N) is 1. The van der Waals surface area contributed by atoms with Crippen molar-refractivity contribution in [1.82, 2.24) is 10.2 Å². The van der Waals surface area contributed by atoms with Gasteiger partial charge in [0.1, 0.15) is 0 Å². The average Bonchev–Trinajstić information content (AvgIpc) is 2.32. The molecule has 100 valence electrons. The Morgan fingerprint density at radius 1 is 1.28 bits per heavy atom. The number of hydrogen-bond donors (Lipinski definition) is 1. The highest BCUT2D eigenvalue weighted by Gasteiger charge is 2.42. The second kappa shape index (κ2) is 4.90. The lowest BCUT2D eigenvalue weighted by molar-refractivity contribution is -0.161. The molecule has 2 nitrogen and oxygen atoms in total. The molecule has 1 heterocycles. The van der Waals surface area contributed by atoms with Gasteiger partial charge in [0.2, 0.25) is 0 Å². The van der Waals surface area contributed by atoms with Gasteiger partial charge < -0.3 is 5.32 Å². The highest BCUT2D eigenvalue weighted by molar-refractivity contribution is 5.25. The molecule has 1 saturated heterocycles. The fraction of sp³-hybridized carbons (Fsp3) is 0.538. The van der Waals surface area contributed by atoms with Crippen LogP contribution in [0, 0.1) is 0 Å². The first kappa shape index (κ1) is 13.4. The van der Waals surface area contributed by atoms with E-state index in [-0.39, 0.29) is 0 Å². The van der Waals surface area contributed by atoms with Gasteiger partial charge in [-0.15, -0.1) is 0 Å². The predicted molar refractivity (Wildman–Crippen MR) is 64.3 cm³/mol. The summed E-state index contributed by atoms with van der Waals surface area (Å²) >= 11 is 0. The van der Waals surface area contributed by atoms with Gasteiger partial charge >= 0.3 is 6.18 Å². The van der Waals surface area contributed by atoms with Gasteiger partial charge in [-0.2, -0.15) is 13.2 Å². The molecule has 2 rings (SSSR count). The van der Waals surface area contributed by atoms with Gasteiger partial charge in [0.05, 0.1) is 12.1 Å². The van der Waals surface area contributed by atoms with Crippen LogP contribution in [0.4, 0.5) is 13.2 Å². The van der Waals surface area contributed by atoms with Crippen molar-refractivity contribution in [1.29, 1.82) is 0 Å². The summed E-state index contributed by atoms with van der Waals surface area (Å²) in [6, 6.07) is 9.37. The van der Waals surface area contributed by atoms with Crippen molar-refractivity contribution < 1.29 is 13.2 Å². The summed E-state index contributed by atoms with van der Waals surface area (Å²) in [6.45, 7) is 2.54. The number of rotatable bonds is 2. The molecule has 5 heteroatoms. The zero-order valence-corrected chi connectivity index (χ0v) is 10.3. The van der Waals surface area contributed by atoms with Crippen molar-refractivity contribution in [2.45, 2.75) is 18.6 Å². The van der Waals surface area contributed by atoms with E-state index in [0.717, 1.165) is 5.56 Å². The first-order valence-electron chi connectivity index (χ1n) is 6.00. The van der Waals surface area contributed by atoms with E-state index in [9.17, 15) is 13.2 Å². The van der Waals surface area contributed by atoms with E-state index in [0.29, 0.717) is 19.6 Å². The van der Waals surface area contributed by atoms with Crippen molar-refractivity contribution in [3.63, 3.8) is 0 Å². The molecule has 1 aromatic carbocycles. The summed E-state index contributed by atoms with van der Waals surface area (Å²) in [5.74, 6) is 0. The van der Waals surface area contributed by atoms with E-state index in [1.807, 2.05) is 37.3 Å². The van der Waals surface area contributed by atoms with Crippen LogP contribution in [0.15, 0.2) is 30.3 Å². The third-order valence-electron chi connectivity index (χ3n) is 3.49. The topological polar surface area (TPSA) is 15.3 Å². The molecule has 18 heavy (non-hydrogen) atoms. The number of halogens is 3. The first-order valence-corrected chi connectivity index (χ1v) is 6.00. The van der Waals surface area contributed by atoms with Gasteiger partial charge in [0, 0.05) is 19.6 Å². The Morgan fingerprint density at radius 2 is 1.94 bits per heavy atom. The summed E-state index contributed by atoms with van der Waals surface area (Å²) in [4.78, 5) is 1.51. The molecule has 0 radical (unpaired) electrons. The van der Waals surface area contributed by atoms with Crippen LogP contribution in [0.25, 0.3) is 0 Å². The summed E-state index contributed by atoms with van der Waals surface area (Å²) in [6.07, 6.45) is -4.16. The molecule has 1 unspecified atom stereocenters. The first-order chi connectivity index (χ1) is 8.42. The SMILES string of the molecule is CC1(c2ccccc2)CNCCN1CC(F)(F)F. The third-order valence-corrected chi connectivity index (χ3v) is 3.49. The molecule has 1 aliphatic rings. The summed E-state index contributed by atoms with van der Waals surface area (Å²) < 4.78 is 37.9. The van der Waals surface area contributed by atoms with Crippen LogP contribution >= 0.6 is 0 Å². The van der Waals surface area contributed by atoms with Crippen molar-refractivity contribution in [2.24, 2.45) is 0 Å². The van der Waals surface area contributed by atoms with E-state index in [1.165, 1.54) is 4.90 Å². The van der Waals surface area contributed by atoms with Gasteiger partial charge in [-0.05, 0) is 12.5 Å². The smallest absolute Gasteiger partial charge is 0.313 e. The quantitative estimate of drug-likeness (QED) is 0.876. The fourth-order valence-corrected chi connectivity index (χ4v) is 2.46. The van der Waals surface area contributed by atoms with E-state index >= 15 is 0 Å².